The smallest absolute Gasteiger partial charge is 0.308 e. The molecular formula is C5H9NO3. The Bertz CT molecular complexity index is 136. The number of hydrogen-bond donors (Lipinski definition) is 3. The molecule has 0 spiro atoms. The summed E-state index contributed by atoms with van der Waals surface area (Å²) in [6.07, 6.45) is -0.303. The highest BCUT2D eigenvalue weighted by molar-refractivity contribution is 5.72. The second kappa shape index (κ2) is 1.97. The molecule has 0 bridgehead atoms. The summed E-state index contributed by atoms with van der Waals surface area (Å²) < 4.78 is 0. The quantitative estimate of drug-likeness (QED) is 0.416. The number of carboxylic acids is 1. The summed E-state index contributed by atoms with van der Waals surface area (Å²) in [4.78, 5) is 10.1. The van der Waals surface area contributed by atoms with Gasteiger partial charge in [0.1, 0.15) is 0 Å². The second-order valence-corrected chi connectivity index (χ2v) is 2.33. The van der Waals surface area contributed by atoms with Crippen LogP contribution >= 0.6 is 0 Å². The van der Waals surface area contributed by atoms with Crippen LogP contribution in [0.3, 0.4) is 0 Å². The molecule has 0 unspecified atom stereocenters. The van der Waals surface area contributed by atoms with Crippen LogP contribution in [0.2, 0.25) is 0 Å². The van der Waals surface area contributed by atoms with Crippen molar-refractivity contribution in [1.82, 2.24) is 0 Å². The molecule has 3 atom stereocenters. The molecule has 0 aromatic carbocycles. The lowest BCUT2D eigenvalue weighted by atomic mass is 9.77. The molecule has 0 aromatic rings. The molecular weight excluding hydrogens is 122 g/mol. The Morgan fingerprint density at radius 1 is 1.67 bits per heavy atom. The Kier molecular flexibility index (Phi) is 1.42. The van der Waals surface area contributed by atoms with Crippen LogP contribution in [0, 0.1) is 5.92 Å². The lowest BCUT2D eigenvalue weighted by Gasteiger charge is -2.35. The van der Waals surface area contributed by atoms with Gasteiger partial charge >= 0.3 is 5.97 Å². The van der Waals surface area contributed by atoms with Gasteiger partial charge in [-0.15, -0.1) is 0 Å². The van der Waals surface area contributed by atoms with Crippen LogP contribution in [0.1, 0.15) is 6.42 Å². The Balaban J connectivity index is 2.42. The number of nitrogens with two attached hydrogens (primary N) is 1. The third-order valence-electron chi connectivity index (χ3n) is 1.72. The van der Waals surface area contributed by atoms with Gasteiger partial charge in [-0.05, 0) is 6.42 Å². The number of aliphatic carboxylic acids is 1. The summed E-state index contributed by atoms with van der Waals surface area (Å²) >= 11 is 0. The molecule has 1 saturated carbocycles. The van der Waals surface area contributed by atoms with Crippen LogP contribution in [0.4, 0.5) is 0 Å². The van der Waals surface area contributed by atoms with Gasteiger partial charge in [0.15, 0.2) is 0 Å². The standard InChI is InChI=1S/C5H9NO3/c6-4-2(5(8)9)1-3(4)7/h2-4,7H,1,6H2,(H,8,9)/t2-,3+,4-/m1/s1. The van der Waals surface area contributed by atoms with E-state index in [0.717, 1.165) is 0 Å². The number of carboxylic acid groups (broad SMARTS) is 1. The third kappa shape index (κ3) is 0.906. The van der Waals surface area contributed by atoms with Crippen molar-refractivity contribution in [1.29, 1.82) is 0 Å². The minimum Gasteiger partial charge on any atom is -0.481 e. The summed E-state index contributed by atoms with van der Waals surface area (Å²) in [6, 6.07) is -0.553. The van der Waals surface area contributed by atoms with Gasteiger partial charge in [-0.25, -0.2) is 0 Å². The van der Waals surface area contributed by atoms with E-state index in [2.05, 4.69) is 0 Å². The van der Waals surface area contributed by atoms with Crippen LogP contribution in [0.25, 0.3) is 0 Å². The summed E-state index contributed by atoms with van der Waals surface area (Å²) in [5, 5.41) is 17.1. The monoisotopic (exact) mass is 131 g/mol. The lowest BCUT2D eigenvalue weighted by Crippen LogP contribution is -2.55. The van der Waals surface area contributed by atoms with E-state index in [9.17, 15) is 4.79 Å². The highest BCUT2D eigenvalue weighted by Crippen LogP contribution is 2.25. The molecule has 1 fully saturated rings. The fourth-order valence-corrected chi connectivity index (χ4v) is 0.912. The van der Waals surface area contributed by atoms with Gasteiger partial charge in [0.05, 0.1) is 12.0 Å². The van der Waals surface area contributed by atoms with Crippen molar-refractivity contribution in [2.24, 2.45) is 11.7 Å². The van der Waals surface area contributed by atoms with Crippen molar-refractivity contribution < 1.29 is 15.0 Å². The zero-order valence-corrected chi connectivity index (χ0v) is 4.82. The number of rotatable bonds is 1. The van der Waals surface area contributed by atoms with Gasteiger partial charge < -0.3 is 15.9 Å². The van der Waals surface area contributed by atoms with Crippen LogP contribution in [0.5, 0.6) is 0 Å². The molecule has 52 valence electrons. The lowest BCUT2D eigenvalue weighted by molar-refractivity contribution is -0.150. The summed E-state index contributed by atoms with van der Waals surface area (Å²) in [6.45, 7) is 0. The predicted molar refractivity (Wildman–Crippen MR) is 29.7 cm³/mol. The van der Waals surface area contributed by atoms with Crippen LogP contribution in [-0.2, 0) is 4.79 Å². The average Bonchev–Trinajstić information content (AvgIpc) is 1.81. The van der Waals surface area contributed by atoms with E-state index < -0.39 is 24.0 Å². The number of hydrogen-bond acceptors (Lipinski definition) is 3. The first-order valence-electron chi connectivity index (χ1n) is 2.79. The molecule has 0 radical (unpaired) electrons. The van der Waals surface area contributed by atoms with Gasteiger partial charge in [-0.2, -0.15) is 0 Å². The maximum absolute atomic E-state index is 10.1. The zero-order valence-electron chi connectivity index (χ0n) is 4.82. The van der Waals surface area contributed by atoms with Gasteiger partial charge in [0.25, 0.3) is 0 Å². The third-order valence-corrected chi connectivity index (χ3v) is 1.72. The van der Waals surface area contributed by atoms with Crippen molar-refractivity contribution in [3.05, 3.63) is 0 Å². The van der Waals surface area contributed by atoms with Crippen molar-refractivity contribution in [2.45, 2.75) is 18.6 Å². The van der Waals surface area contributed by atoms with Crippen molar-refractivity contribution in [2.75, 3.05) is 0 Å². The largest absolute Gasteiger partial charge is 0.481 e. The zero-order chi connectivity index (χ0) is 7.02. The maximum atomic E-state index is 10.1. The molecule has 4 N–H and O–H groups in total. The van der Waals surface area contributed by atoms with Crippen LogP contribution < -0.4 is 5.73 Å². The molecule has 4 nitrogen and oxygen atoms in total. The van der Waals surface area contributed by atoms with E-state index in [-0.39, 0.29) is 0 Å². The van der Waals surface area contributed by atoms with Crippen molar-refractivity contribution in [3.8, 4) is 0 Å². The second-order valence-electron chi connectivity index (χ2n) is 2.33. The van der Waals surface area contributed by atoms with E-state index in [0.29, 0.717) is 6.42 Å². The Labute approximate surface area is 52.3 Å². The van der Waals surface area contributed by atoms with Gasteiger partial charge in [-0.1, -0.05) is 0 Å². The SMILES string of the molecule is N[C@H]1[C@@H](O)C[C@H]1C(=O)O. The number of carbonyl (C=O) groups is 1. The first-order valence-corrected chi connectivity index (χ1v) is 2.79. The van der Waals surface area contributed by atoms with E-state index in [1.54, 1.807) is 0 Å². The Hall–Kier alpha value is -0.610. The predicted octanol–water partition coefficient (Wildman–Crippen LogP) is -1.22. The first-order chi connectivity index (χ1) is 4.13. The van der Waals surface area contributed by atoms with E-state index in [1.165, 1.54) is 0 Å². The summed E-state index contributed by atoms with van der Waals surface area (Å²) in [5.41, 5.74) is 5.24. The number of aliphatic hydroxyl groups excluding tert-OH is 1. The van der Waals surface area contributed by atoms with Crippen molar-refractivity contribution in [3.63, 3.8) is 0 Å². The van der Waals surface area contributed by atoms with Gasteiger partial charge in [0.2, 0.25) is 0 Å². The molecule has 0 saturated heterocycles. The summed E-state index contributed by atoms with van der Waals surface area (Å²) in [7, 11) is 0. The molecule has 1 aliphatic carbocycles. The minimum atomic E-state index is -0.909. The highest BCUT2D eigenvalue weighted by Gasteiger charge is 2.41. The van der Waals surface area contributed by atoms with Crippen LogP contribution in [0.15, 0.2) is 0 Å². The minimum absolute atomic E-state index is 0.302. The van der Waals surface area contributed by atoms with Crippen molar-refractivity contribution >= 4 is 5.97 Å². The molecule has 4 heteroatoms. The fraction of sp³-hybridized carbons (Fsp3) is 0.800. The molecule has 0 heterocycles. The first kappa shape index (κ1) is 6.51. The van der Waals surface area contributed by atoms with E-state index in [1.807, 2.05) is 0 Å². The molecule has 9 heavy (non-hydrogen) atoms. The topological polar surface area (TPSA) is 83.5 Å². The average molecular weight is 131 g/mol. The van der Waals surface area contributed by atoms with Crippen LogP contribution in [-0.4, -0.2) is 28.3 Å². The summed E-state index contributed by atoms with van der Waals surface area (Å²) in [5.74, 6) is -1.44. The van der Waals surface area contributed by atoms with E-state index in [4.69, 9.17) is 15.9 Å². The maximum Gasteiger partial charge on any atom is 0.308 e. The molecule has 0 aliphatic heterocycles. The Morgan fingerprint density at radius 3 is 2.33 bits per heavy atom. The number of aliphatic hydroxyl groups is 1. The van der Waals surface area contributed by atoms with Gasteiger partial charge in [-0.3, -0.25) is 4.79 Å². The van der Waals surface area contributed by atoms with E-state index >= 15 is 0 Å². The molecule has 0 amide bonds. The molecule has 0 aromatic heterocycles. The highest BCUT2D eigenvalue weighted by atomic mass is 16.4. The molecule has 1 rings (SSSR count). The Morgan fingerprint density at radius 2 is 2.22 bits per heavy atom. The van der Waals surface area contributed by atoms with Gasteiger partial charge in [0, 0.05) is 6.04 Å². The molecule has 1 aliphatic rings. The normalized spacial score (nSPS) is 41.8. The fourth-order valence-electron chi connectivity index (χ4n) is 0.912.